The SMILES string of the molecule is O=C1NC(=O)/C(=C\c2ccnc(N3CCC(CNCc4cc(F)cc(-c5cccc6cnccc56)n4)CC3)n2)S1. The fraction of sp³-hybridized carbons (Fsp3) is 0.241. The van der Waals surface area contributed by atoms with Gasteiger partial charge in [0.1, 0.15) is 5.82 Å². The number of carbonyl (C=O) groups is 2. The molecule has 0 aliphatic carbocycles. The van der Waals surface area contributed by atoms with Gasteiger partial charge < -0.3 is 10.2 Å². The zero-order valence-electron chi connectivity index (χ0n) is 21.5. The number of hydrogen-bond donors (Lipinski definition) is 2. The summed E-state index contributed by atoms with van der Waals surface area (Å²) in [4.78, 5) is 43.6. The van der Waals surface area contributed by atoms with Crippen molar-refractivity contribution in [3.8, 4) is 11.3 Å². The van der Waals surface area contributed by atoms with Crippen LogP contribution in [0.25, 0.3) is 28.1 Å². The summed E-state index contributed by atoms with van der Waals surface area (Å²) in [5, 5.41) is 7.31. The smallest absolute Gasteiger partial charge is 0.290 e. The highest BCUT2D eigenvalue weighted by Gasteiger charge is 2.26. The number of pyridine rings is 2. The van der Waals surface area contributed by atoms with Gasteiger partial charge in [0.2, 0.25) is 5.95 Å². The van der Waals surface area contributed by atoms with E-state index in [1.54, 1.807) is 30.7 Å². The monoisotopic (exact) mass is 555 g/mol. The molecule has 5 heterocycles. The molecule has 6 rings (SSSR count). The van der Waals surface area contributed by atoms with Crippen molar-refractivity contribution in [2.24, 2.45) is 5.92 Å². The van der Waals surface area contributed by atoms with Gasteiger partial charge in [-0.15, -0.1) is 0 Å². The second-order valence-corrected chi connectivity index (χ2v) is 10.8. The fourth-order valence-corrected chi connectivity index (χ4v) is 5.68. The normalized spacial score (nSPS) is 17.1. The molecular weight excluding hydrogens is 529 g/mol. The number of rotatable bonds is 7. The van der Waals surface area contributed by atoms with Crippen LogP contribution < -0.4 is 15.5 Å². The van der Waals surface area contributed by atoms with Gasteiger partial charge in [0.25, 0.3) is 11.1 Å². The lowest BCUT2D eigenvalue weighted by Crippen LogP contribution is -2.38. The minimum Gasteiger partial charge on any atom is -0.341 e. The molecule has 0 spiro atoms. The van der Waals surface area contributed by atoms with E-state index < -0.39 is 5.91 Å². The Morgan fingerprint density at radius 3 is 2.80 bits per heavy atom. The molecule has 1 aromatic carbocycles. The summed E-state index contributed by atoms with van der Waals surface area (Å²) in [6.07, 6.45) is 8.72. The van der Waals surface area contributed by atoms with Gasteiger partial charge in [0.05, 0.1) is 22.0 Å². The highest BCUT2D eigenvalue weighted by molar-refractivity contribution is 8.18. The van der Waals surface area contributed by atoms with Crippen molar-refractivity contribution in [3.05, 3.63) is 83.2 Å². The van der Waals surface area contributed by atoms with Crippen LogP contribution in [0.15, 0.2) is 66.0 Å². The largest absolute Gasteiger partial charge is 0.341 e. The summed E-state index contributed by atoms with van der Waals surface area (Å²) in [7, 11) is 0. The Morgan fingerprint density at radius 2 is 1.98 bits per heavy atom. The first-order chi connectivity index (χ1) is 19.5. The standard InChI is InChI=1S/C29H26FN7O2S/c30-20-12-22(34-25(13-20)24-3-1-2-19-16-31-8-5-23(19)24)17-32-15-18-6-10-37(11-7-18)28-33-9-4-21(35-28)14-26-27(38)36-29(39)40-26/h1-5,8-9,12-14,16,18,32H,6-7,10-11,15,17H2,(H,36,38,39)/b26-14+. The second kappa shape index (κ2) is 11.5. The first kappa shape index (κ1) is 26.0. The van der Waals surface area contributed by atoms with Gasteiger partial charge in [-0.25, -0.2) is 14.4 Å². The Morgan fingerprint density at radius 1 is 1.10 bits per heavy atom. The summed E-state index contributed by atoms with van der Waals surface area (Å²) >= 11 is 0.870. The minimum atomic E-state index is -0.403. The zero-order chi connectivity index (χ0) is 27.5. The van der Waals surface area contributed by atoms with Crippen molar-refractivity contribution in [1.82, 2.24) is 30.6 Å². The van der Waals surface area contributed by atoms with E-state index in [1.165, 1.54) is 12.1 Å². The van der Waals surface area contributed by atoms with Gasteiger partial charge in [0.15, 0.2) is 0 Å². The van der Waals surface area contributed by atoms with Crippen molar-refractivity contribution in [1.29, 1.82) is 0 Å². The quantitative estimate of drug-likeness (QED) is 0.317. The van der Waals surface area contributed by atoms with Crippen molar-refractivity contribution < 1.29 is 14.0 Å². The number of amides is 2. The third-order valence-electron chi connectivity index (χ3n) is 7.02. The van der Waals surface area contributed by atoms with Gasteiger partial charge in [-0.1, -0.05) is 18.2 Å². The molecule has 40 heavy (non-hydrogen) atoms. The number of halogens is 1. The van der Waals surface area contributed by atoms with E-state index in [9.17, 15) is 14.0 Å². The Balaban J connectivity index is 1.04. The molecule has 9 nitrogen and oxygen atoms in total. The number of imide groups is 1. The average molecular weight is 556 g/mol. The maximum atomic E-state index is 14.5. The first-order valence-electron chi connectivity index (χ1n) is 13.0. The van der Waals surface area contributed by atoms with E-state index in [2.05, 4.69) is 30.5 Å². The number of carbonyl (C=O) groups excluding carboxylic acids is 2. The van der Waals surface area contributed by atoms with Crippen molar-refractivity contribution in [3.63, 3.8) is 0 Å². The lowest BCUT2D eigenvalue weighted by molar-refractivity contribution is -0.115. The molecule has 0 atom stereocenters. The molecule has 202 valence electrons. The fourth-order valence-electron chi connectivity index (χ4n) is 5.02. The topological polar surface area (TPSA) is 113 Å². The third kappa shape index (κ3) is 5.85. The number of nitrogens with zero attached hydrogens (tertiary/aromatic N) is 5. The van der Waals surface area contributed by atoms with Gasteiger partial charge in [-0.2, -0.15) is 0 Å². The molecule has 2 aliphatic heterocycles. The van der Waals surface area contributed by atoms with E-state index in [1.807, 2.05) is 24.3 Å². The Bertz CT molecular complexity index is 1620. The molecule has 2 saturated heterocycles. The molecular formula is C29H26FN7O2S. The summed E-state index contributed by atoms with van der Waals surface area (Å²) < 4.78 is 14.5. The highest BCUT2D eigenvalue weighted by atomic mass is 32.2. The Hall–Kier alpha value is -4.22. The number of aromatic nitrogens is 4. The predicted molar refractivity (Wildman–Crippen MR) is 153 cm³/mol. The summed E-state index contributed by atoms with van der Waals surface area (Å²) in [5.74, 6) is 0.359. The lowest BCUT2D eigenvalue weighted by atomic mass is 9.97. The van der Waals surface area contributed by atoms with Crippen molar-refractivity contribution >= 4 is 45.7 Å². The molecule has 2 N–H and O–H groups in total. The van der Waals surface area contributed by atoms with Crippen LogP contribution in [0.4, 0.5) is 15.1 Å². The van der Waals surface area contributed by atoms with Crippen LogP contribution in [0.2, 0.25) is 0 Å². The number of nitrogens with one attached hydrogen (secondary N) is 2. The van der Waals surface area contributed by atoms with Crippen LogP contribution in [-0.2, 0) is 11.3 Å². The third-order valence-corrected chi connectivity index (χ3v) is 7.83. The van der Waals surface area contributed by atoms with Gasteiger partial charge in [-0.05, 0) is 66.7 Å². The average Bonchev–Trinajstić information content (AvgIpc) is 3.28. The number of fused-ring (bicyclic) bond motifs is 1. The van der Waals surface area contributed by atoms with E-state index in [0.29, 0.717) is 40.4 Å². The molecule has 11 heteroatoms. The summed E-state index contributed by atoms with van der Waals surface area (Å²) in [5.41, 5.74) is 2.74. The van der Waals surface area contributed by atoms with Crippen LogP contribution in [0.5, 0.6) is 0 Å². The van der Waals surface area contributed by atoms with Gasteiger partial charge in [-0.3, -0.25) is 24.9 Å². The molecule has 3 aromatic heterocycles. The minimum absolute atomic E-state index is 0.308. The number of piperidine rings is 1. The van der Waals surface area contributed by atoms with Crippen LogP contribution in [0.1, 0.15) is 24.2 Å². The molecule has 2 amide bonds. The predicted octanol–water partition coefficient (Wildman–Crippen LogP) is 4.56. The molecule has 0 saturated carbocycles. The Labute approximate surface area is 234 Å². The first-order valence-corrected chi connectivity index (χ1v) is 13.9. The van der Waals surface area contributed by atoms with E-state index >= 15 is 0 Å². The lowest BCUT2D eigenvalue weighted by Gasteiger charge is -2.32. The highest BCUT2D eigenvalue weighted by Crippen LogP contribution is 2.28. The number of anilines is 1. The maximum Gasteiger partial charge on any atom is 0.290 e. The molecule has 0 unspecified atom stereocenters. The van der Waals surface area contributed by atoms with Crippen molar-refractivity contribution in [2.75, 3.05) is 24.5 Å². The van der Waals surface area contributed by atoms with E-state index in [0.717, 1.165) is 60.6 Å². The number of benzene rings is 1. The van der Waals surface area contributed by atoms with Gasteiger partial charge >= 0.3 is 0 Å². The van der Waals surface area contributed by atoms with Crippen molar-refractivity contribution in [2.45, 2.75) is 19.4 Å². The molecule has 0 radical (unpaired) electrons. The van der Waals surface area contributed by atoms with Crippen LogP contribution >= 0.6 is 11.8 Å². The van der Waals surface area contributed by atoms with Gasteiger partial charge in [0, 0.05) is 55.2 Å². The summed E-state index contributed by atoms with van der Waals surface area (Å²) in [6, 6.07) is 12.5. The molecule has 2 aliphatic rings. The number of thioether (sulfide) groups is 1. The van der Waals surface area contributed by atoms with Crippen LogP contribution in [0.3, 0.4) is 0 Å². The van der Waals surface area contributed by atoms with E-state index in [-0.39, 0.29) is 11.1 Å². The summed E-state index contributed by atoms with van der Waals surface area (Å²) in [6.45, 7) is 2.89. The second-order valence-electron chi connectivity index (χ2n) is 9.76. The van der Waals surface area contributed by atoms with Crippen LogP contribution in [0, 0.1) is 11.7 Å². The van der Waals surface area contributed by atoms with Crippen LogP contribution in [-0.4, -0.2) is 50.7 Å². The maximum absolute atomic E-state index is 14.5. The molecule has 4 aromatic rings. The zero-order valence-corrected chi connectivity index (χ0v) is 22.3. The molecule has 2 fully saturated rings. The Kier molecular flexibility index (Phi) is 7.47. The number of hydrogen-bond acceptors (Lipinski definition) is 9. The molecule has 0 bridgehead atoms. The van der Waals surface area contributed by atoms with E-state index in [4.69, 9.17) is 4.98 Å².